The van der Waals surface area contributed by atoms with Gasteiger partial charge in [-0.3, -0.25) is 0 Å². The average molecular weight is 215 g/mol. The SMILES string of the molecule is Cc1ccc(C)c2c1CC(C1CCCC1)N2. The van der Waals surface area contributed by atoms with E-state index < -0.39 is 0 Å². The molecule has 0 radical (unpaired) electrons. The van der Waals surface area contributed by atoms with E-state index in [0.717, 1.165) is 12.0 Å². The van der Waals surface area contributed by atoms with Crippen LogP contribution in [-0.4, -0.2) is 6.04 Å². The second kappa shape index (κ2) is 3.80. The molecule has 1 aliphatic carbocycles. The maximum absolute atomic E-state index is 3.79. The molecule has 3 rings (SSSR count). The van der Waals surface area contributed by atoms with Crippen molar-refractivity contribution in [2.45, 2.75) is 52.0 Å². The van der Waals surface area contributed by atoms with E-state index in [0.29, 0.717) is 0 Å². The summed E-state index contributed by atoms with van der Waals surface area (Å²) in [4.78, 5) is 0. The summed E-state index contributed by atoms with van der Waals surface area (Å²) < 4.78 is 0. The highest BCUT2D eigenvalue weighted by Crippen LogP contribution is 2.38. The van der Waals surface area contributed by atoms with Gasteiger partial charge >= 0.3 is 0 Å². The lowest BCUT2D eigenvalue weighted by molar-refractivity contribution is 0.466. The van der Waals surface area contributed by atoms with Crippen LogP contribution in [0.2, 0.25) is 0 Å². The predicted molar refractivity (Wildman–Crippen MR) is 69.0 cm³/mol. The van der Waals surface area contributed by atoms with Crippen molar-refractivity contribution in [3.63, 3.8) is 0 Å². The molecule has 1 saturated carbocycles. The van der Waals surface area contributed by atoms with Crippen LogP contribution in [-0.2, 0) is 6.42 Å². The number of benzene rings is 1. The molecule has 1 N–H and O–H groups in total. The molecule has 1 fully saturated rings. The second-order valence-electron chi connectivity index (χ2n) is 5.55. The van der Waals surface area contributed by atoms with Crippen molar-refractivity contribution in [2.75, 3.05) is 5.32 Å². The van der Waals surface area contributed by atoms with Crippen molar-refractivity contribution < 1.29 is 0 Å². The third-order valence-electron chi connectivity index (χ3n) is 4.48. The fourth-order valence-corrected chi connectivity index (χ4v) is 3.43. The molecule has 0 saturated heterocycles. The Bertz CT molecular complexity index is 371. The Labute approximate surface area is 98.3 Å². The smallest absolute Gasteiger partial charge is 0.0408 e. The summed E-state index contributed by atoms with van der Waals surface area (Å²) in [5, 5.41) is 3.79. The first-order valence-electron chi connectivity index (χ1n) is 6.61. The zero-order chi connectivity index (χ0) is 11.1. The average Bonchev–Trinajstić information content (AvgIpc) is 2.90. The third kappa shape index (κ3) is 1.53. The van der Waals surface area contributed by atoms with Crippen LogP contribution >= 0.6 is 0 Å². The summed E-state index contributed by atoms with van der Waals surface area (Å²) in [6.07, 6.45) is 7.01. The summed E-state index contributed by atoms with van der Waals surface area (Å²) >= 11 is 0. The van der Waals surface area contributed by atoms with Gasteiger partial charge in [0.1, 0.15) is 0 Å². The van der Waals surface area contributed by atoms with Gasteiger partial charge in [-0.15, -0.1) is 0 Å². The Hall–Kier alpha value is -0.980. The zero-order valence-electron chi connectivity index (χ0n) is 10.3. The van der Waals surface area contributed by atoms with Crippen LogP contribution in [0.1, 0.15) is 42.4 Å². The van der Waals surface area contributed by atoms with Crippen molar-refractivity contribution in [2.24, 2.45) is 5.92 Å². The minimum Gasteiger partial charge on any atom is -0.381 e. The van der Waals surface area contributed by atoms with Gasteiger partial charge in [0.25, 0.3) is 0 Å². The summed E-state index contributed by atoms with van der Waals surface area (Å²) in [5.41, 5.74) is 5.91. The second-order valence-corrected chi connectivity index (χ2v) is 5.55. The lowest BCUT2D eigenvalue weighted by Gasteiger charge is -2.18. The third-order valence-corrected chi connectivity index (χ3v) is 4.48. The molecular weight excluding hydrogens is 194 g/mol. The molecule has 0 spiro atoms. The molecule has 1 aromatic carbocycles. The van der Waals surface area contributed by atoms with Gasteiger partial charge in [-0.1, -0.05) is 25.0 Å². The van der Waals surface area contributed by atoms with Gasteiger partial charge in [0.2, 0.25) is 0 Å². The maximum Gasteiger partial charge on any atom is 0.0408 e. The Morgan fingerprint density at radius 2 is 1.75 bits per heavy atom. The molecule has 0 amide bonds. The van der Waals surface area contributed by atoms with Gasteiger partial charge < -0.3 is 5.32 Å². The van der Waals surface area contributed by atoms with Crippen molar-refractivity contribution in [1.29, 1.82) is 0 Å². The Morgan fingerprint density at radius 3 is 2.44 bits per heavy atom. The number of aryl methyl sites for hydroxylation is 2. The zero-order valence-corrected chi connectivity index (χ0v) is 10.3. The highest BCUT2D eigenvalue weighted by Gasteiger charge is 2.31. The first kappa shape index (κ1) is 10.2. The van der Waals surface area contributed by atoms with E-state index in [9.17, 15) is 0 Å². The number of hydrogen-bond acceptors (Lipinski definition) is 1. The summed E-state index contributed by atoms with van der Waals surface area (Å²) in [6, 6.07) is 5.24. The van der Waals surface area contributed by atoms with Crippen LogP contribution < -0.4 is 5.32 Å². The van der Waals surface area contributed by atoms with Gasteiger partial charge in [-0.25, -0.2) is 0 Å². The molecule has 1 aliphatic heterocycles. The fraction of sp³-hybridized carbons (Fsp3) is 0.600. The van der Waals surface area contributed by atoms with Crippen LogP contribution in [0.5, 0.6) is 0 Å². The topological polar surface area (TPSA) is 12.0 Å². The van der Waals surface area contributed by atoms with Crippen LogP contribution in [0.4, 0.5) is 5.69 Å². The van der Waals surface area contributed by atoms with E-state index in [2.05, 4.69) is 31.3 Å². The Morgan fingerprint density at radius 1 is 1.06 bits per heavy atom. The Kier molecular flexibility index (Phi) is 2.42. The van der Waals surface area contributed by atoms with Crippen molar-refractivity contribution in [3.05, 3.63) is 28.8 Å². The Balaban J connectivity index is 1.88. The quantitative estimate of drug-likeness (QED) is 0.750. The van der Waals surface area contributed by atoms with Crippen LogP contribution in [0.3, 0.4) is 0 Å². The van der Waals surface area contributed by atoms with Crippen molar-refractivity contribution in [1.82, 2.24) is 0 Å². The highest BCUT2D eigenvalue weighted by molar-refractivity contribution is 5.64. The molecule has 1 unspecified atom stereocenters. The molecule has 86 valence electrons. The van der Waals surface area contributed by atoms with E-state index in [1.807, 2.05) is 0 Å². The maximum atomic E-state index is 3.79. The molecule has 2 aliphatic rings. The summed E-state index contributed by atoms with van der Waals surface area (Å²) in [6.45, 7) is 4.47. The molecule has 1 atom stereocenters. The first-order valence-corrected chi connectivity index (χ1v) is 6.61. The summed E-state index contributed by atoms with van der Waals surface area (Å²) in [5.74, 6) is 0.922. The summed E-state index contributed by atoms with van der Waals surface area (Å²) in [7, 11) is 0. The lowest BCUT2D eigenvalue weighted by atomic mass is 9.94. The number of anilines is 1. The molecule has 1 heterocycles. The molecule has 0 aromatic heterocycles. The van der Waals surface area contributed by atoms with Gasteiger partial charge in [0, 0.05) is 11.7 Å². The largest absolute Gasteiger partial charge is 0.381 e. The van der Waals surface area contributed by atoms with E-state index in [1.165, 1.54) is 48.9 Å². The molecule has 0 bridgehead atoms. The standard InChI is InChI=1S/C15H21N/c1-10-7-8-11(2)15-13(10)9-14(16-15)12-5-3-4-6-12/h7-8,12,14,16H,3-6,9H2,1-2H3. The van der Waals surface area contributed by atoms with E-state index >= 15 is 0 Å². The van der Waals surface area contributed by atoms with Crippen molar-refractivity contribution in [3.8, 4) is 0 Å². The minimum absolute atomic E-state index is 0.720. The lowest BCUT2D eigenvalue weighted by Crippen LogP contribution is -2.24. The normalized spacial score (nSPS) is 24.5. The minimum atomic E-state index is 0.720. The molecule has 1 nitrogen and oxygen atoms in total. The van der Waals surface area contributed by atoms with Crippen molar-refractivity contribution >= 4 is 5.69 Å². The molecular formula is C15H21N. The predicted octanol–water partition coefficient (Wildman–Crippen LogP) is 3.83. The highest BCUT2D eigenvalue weighted by atomic mass is 15.0. The van der Waals surface area contributed by atoms with Crippen LogP contribution in [0.15, 0.2) is 12.1 Å². The van der Waals surface area contributed by atoms with Gasteiger partial charge in [-0.2, -0.15) is 0 Å². The van der Waals surface area contributed by atoms with Gasteiger partial charge in [0.05, 0.1) is 0 Å². The molecule has 16 heavy (non-hydrogen) atoms. The number of fused-ring (bicyclic) bond motifs is 1. The number of nitrogens with one attached hydrogen (secondary N) is 1. The number of rotatable bonds is 1. The fourth-order valence-electron chi connectivity index (χ4n) is 3.43. The monoisotopic (exact) mass is 215 g/mol. The van der Waals surface area contributed by atoms with Gasteiger partial charge in [-0.05, 0) is 55.7 Å². The van der Waals surface area contributed by atoms with Crippen LogP contribution in [0.25, 0.3) is 0 Å². The van der Waals surface area contributed by atoms with Crippen LogP contribution in [0, 0.1) is 19.8 Å². The van der Waals surface area contributed by atoms with E-state index in [1.54, 1.807) is 5.56 Å². The van der Waals surface area contributed by atoms with E-state index in [4.69, 9.17) is 0 Å². The molecule has 1 heteroatoms. The number of hydrogen-bond donors (Lipinski definition) is 1. The molecule has 1 aromatic rings. The van der Waals surface area contributed by atoms with E-state index in [-0.39, 0.29) is 0 Å². The van der Waals surface area contributed by atoms with Gasteiger partial charge in [0.15, 0.2) is 0 Å². The first-order chi connectivity index (χ1) is 7.75.